The number of hydrogen-bond acceptors (Lipinski definition) is 5. The SMILES string of the molecule is C[C@@H]1C[C@@](C)(c2cc(N)ccn2)N=C(N)S1. The molecule has 2 rings (SSSR count). The molecule has 1 aliphatic heterocycles. The summed E-state index contributed by atoms with van der Waals surface area (Å²) in [6.07, 6.45) is 2.64. The van der Waals surface area contributed by atoms with Crippen molar-refractivity contribution in [2.45, 2.75) is 31.1 Å². The summed E-state index contributed by atoms with van der Waals surface area (Å²) >= 11 is 1.61. The minimum absolute atomic E-state index is 0.343. The van der Waals surface area contributed by atoms with Crippen LogP contribution in [0.5, 0.6) is 0 Å². The third kappa shape index (κ3) is 2.14. The Kier molecular flexibility index (Phi) is 2.80. The van der Waals surface area contributed by atoms with Crippen LogP contribution in [0.4, 0.5) is 5.69 Å². The van der Waals surface area contributed by atoms with Crippen molar-refractivity contribution in [1.29, 1.82) is 0 Å². The predicted octanol–water partition coefficient (Wildman–Crippen LogP) is 1.72. The number of nitrogens with zero attached hydrogens (tertiary/aromatic N) is 2. The smallest absolute Gasteiger partial charge is 0.155 e. The zero-order valence-corrected chi connectivity index (χ0v) is 10.3. The molecule has 2 heterocycles. The molecule has 0 saturated carbocycles. The van der Waals surface area contributed by atoms with Crippen LogP contribution in [0.1, 0.15) is 26.0 Å². The van der Waals surface area contributed by atoms with Crippen LogP contribution in [0.15, 0.2) is 23.3 Å². The van der Waals surface area contributed by atoms with Gasteiger partial charge in [-0.1, -0.05) is 18.7 Å². The highest BCUT2D eigenvalue weighted by molar-refractivity contribution is 8.14. The summed E-state index contributed by atoms with van der Waals surface area (Å²) in [5.74, 6) is 0. The highest BCUT2D eigenvalue weighted by Crippen LogP contribution is 2.37. The molecule has 0 unspecified atom stereocenters. The van der Waals surface area contributed by atoms with E-state index >= 15 is 0 Å². The van der Waals surface area contributed by atoms with Gasteiger partial charge in [0.2, 0.25) is 0 Å². The van der Waals surface area contributed by atoms with Gasteiger partial charge in [-0.3, -0.25) is 4.98 Å². The normalized spacial score (nSPS) is 29.9. The molecular weight excluding hydrogens is 220 g/mol. The van der Waals surface area contributed by atoms with E-state index in [4.69, 9.17) is 11.5 Å². The lowest BCUT2D eigenvalue weighted by molar-refractivity contribution is 0.440. The van der Waals surface area contributed by atoms with Crippen molar-refractivity contribution in [2.24, 2.45) is 10.7 Å². The average Bonchev–Trinajstić information content (AvgIpc) is 2.15. The van der Waals surface area contributed by atoms with Gasteiger partial charge in [-0.05, 0) is 25.5 Å². The number of anilines is 1. The quantitative estimate of drug-likeness (QED) is 0.778. The van der Waals surface area contributed by atoms with Crippen molar-refractivity contribution < 1.29 is 0 Å². The van der Waals surface area contributed by atoms with Gasteiger partial charge in [0.25, 0.3) is 0 Å². The number of rotatable bonds is 1. The molecule has 0 bridgehead atoms. The van der Waals surface area contributed by atoms with Crippen LogP contribution >= 0.6 is 11.8 Å². The van der Waals surface area contributed by atoms with Gasteiger partial charge in [0.15, 0.2) is 5.17 Å². The van der Waals surface area contributed by atoms with Crippen molar-refractivity contribution in [2.75, 3.05) is 5.73 Å². The zero-order chi connectivity index (χ0) is 11.8. The van der Waals surface area contributed by atoms with Crippen LogP contribution in [0.25, 0.3) is 0 Å². The number of nitrogens with two attached hydrogens (primary N) is 2. The van der Waals surface area contributed by atoms with Crippen molar-refractivity contribution in [3.63, 3.8) is 0 Å². The molecule has 16 heavy (non-hydrogen) atoms. The Morgan fingerprint density at radius 1 is 1.50 bits per heavy atom. The number of amidine groups is 1. The fraction of sp³-hybridized carbons (Fsp3) is 0.455. The van der Waals surface area contributed by atoms with Crippen molar-refractivity contribution in [1.82, 2.24) is 4.98 Å². The van der Waals surface area contributed by atoms with E-state index in [2.05, 4.69) is 23.8 Å². The monoisotopic (exact) mass is 236 g/mol. The number of thioether (sulfide) groups is 1. The molecule has 0 fully saturated rings. The molecule has 0 radical (unpaired) electrons. The summed E-state index contributed by atoms with van der Waals surface area (Å²) in [4.78, 5) is 8.87. The molecule has 4 N–H and O–H groups in total. The van der Waals surface area contributed by atoms with Gasteiger partial charge in [-0.15, -0.1) is 0 Å². The molecule has 86 valence electrons. The molecule has 4 nitrogen and oxygen atoms in total. The molecular formula is C11H16N4S. The zero-order valence-electron chi connectivity index (χ0n) is 9.47. The van der Waals surface area contributed by atoms with Gasteiger partial charge in [0, 0.05) is 17.1 Å². The third-order valence-corrected chi connectivity index (χ3v) is 3.60. The maximum atomic E-state index is 5.83. The Balaban J connectivity index is 2.42. The highest BCUT2D eigenvalue weighted by atomic mass is 32.2. The van der Waals surface area contributed by atoms with Gasteiger partial charge >= 0.3 is 0 Å². The van der Waals surface area contributed by atoms with Gasteiger partial charge < -0.3 is 11.5 Å². The van der Waals surface area contributed by atoms with Crippen molar-refractivity contribution in [3.8, 4) is 0 Å². The maximum absolute atomic E-state index is 5.83. The van der Waals surface area contributed by atoms with Crippen molar-refractivity contribution in [3.05, 3.63) is 24.0 Å². The standard InChI is InChI=1S/C11H16N4S/c1-7-6-11(2,15-10(13)16-7)9-5-8(12)3-4-14-9/h3-5,7H,6H2,1-2H3,(H2,12,14)(H2,13,15)/t7-,11+/m1/s1. The highest BCUT2D eigenvalue weighted by Gasteiger charge is 2.34. The maximum Gasteiger partial charge on any atom is 0.155 e. The second kappa shape index (κ2) is 3.97. The van der Waals surface area contributed by atoms with Crippen LogP contribution in [-0.2, 0) is 5.54 Å². The van der Waals surface area contributed by atoms with E-state index in [1.165, 1.54) is 0 Å². The summed E-state index contributed by atoms with van der Waals surface area (Å²) in [7, 11) is 0. The van der Waals surface area contributed by atoms with E-state index < -0.39 is 0 Å². The Morgan fingerprint density at radius 3 is 2.88 bits per heavy atom. The van der Waals surface area contributed by atoms with E-state index in [-0.39, 0.29) is 5.54 Å². The molecule has 0 saturated heterocycles. The average molecular weight is 236 g/mol. The van der Waals surface area contributed by atoms with Gasteiger partial charge in [0.1, 0.15) is 5.54 Å². The van der Waals surface area contributed by atoms with E-state index in [0.29, 0.717) is 16.1 Å². The molecule has 0 aliphatic carbocycles. The first-order valence-electron chi connectivity index (χ1n) is 5.23. The minimum atomic E-state index is -0.343. The summed E-state index contributed by atoms with van der Waals surface area (Å²) in [5, 5.41) is 1.08. The number of pyridine rings is 1. The summed E-state index contributed by atoms with van der Waals surface area (Å²) in [6, 6.07) is 3.65. The number of hydrogen-bond donors (Lipinski definition) is 2. The fourth-order valence-corrected chi connectivity index (χ4v) is 3.10. The molecule has 0 amide bonds. The molecule has 5 heteroatoms. The molecule has 2 atom stereocenters. The van der Waals surface area contributed by atoms with E-state index in [1.54, 1.807) is 24.0 Å². The van der Waals surface area contributed by atoms with Crippen LogP contribution in [0.3, 0.4) is 0 Å². The Morgan fingerprint density at radius 2 is 2.25 bits per heavy atom. The van der Waals surface area contributed by atoms with Crippen LogP contribution in [0, 0.1) is 0 Å². The summed E-state index contributed by atoms with van der Waals surface area (Å²) < 4.78 is 0. The minimum Gasteiger partial charge on any atom is -0.399 e. The topological polar surface area (TPSA) is 77.3 Å². The van der Waals surface area contributed by atoms with E-state index in [9.17, 15) is 0 Å². The molecule has 1 aromatic heterocycles. The number of nitrogen functional groups attached to an aromatic ring is 1. The molecule has 0 aromatic carbocycles. The first-order valence-corrected chi connectivity index (χ1v) is 6.11. The number of aromatic nitrogens is 1. The Hall–Kier alpha value is -1.23. The lowest BCUT2D eigenvalue weighted by atomic mass is 9.92. The van der Waals surface area contributed by atoms with Gasteiger partial charge in [0.05, 0.1) is 5.69 Å². The van der Waals surface area contributed by atoms with E-state index in [1.807, 2.05) is 6.07 Å². The summed E-state index contributed by atoms with van der Waals surface area (Å²) in [5.41, 5.74) is 12.9. The predicted molar refractivity (Wildman–Crippen MR) is 69.3 cm³/mol. The van der Waals surface area contributed by atoms with E-state index in [0.717, 1.165) is 12.1 Å². The third-order valence-electron chi connectivity index (χ3n) is 2.70. The number of aliphatic imine (C=N–C) groups is 1. The molecule has 1 aliphatic rings. The van der Waals surface area contributed by atoms with Crippen LogP contribution < -0.4 is 11.5 Å². The lowest BCUT2D eigenvalue weighted by Crippen LogP contribution is -2.33. The van der Waals surface area contributed by atoms with Gasteiger partial charge in [-0.2, -0.15) is 0 Å². The van der Waals surface area contributed by atoms with Crippen LogP contribution in [0.2, 0.25) is 0 Å². The van der Waals surface area contributed by atoms with Crippen LogP contribution in [-0.4, -0.2) is 15.4 Å². The lowest BCUT2D eigenvalue weighted by Gasteiger charge is -2.32. The Labute approximate surface area is 99.5 Å². The van der Waals surface area contributed by atoms with Crippen molar-refractivity contribution >= 4 is 22.6 Å². The first-order chi connectivity index (χ1) is 7.49. The second-order valence-electron chi connectivity index (χ2n) is 4.33. The molecule has 0 spiro atoms. The fourth-order valence-electron chi connectivity index (χ4n) is 2.03. The largest absolute Gasteiger partial charge is 0.399 e. The van der Waals surface area contributed by atoms with Gasteiger partial charge in [-0.25, -0.2) is 4.99 Å². The first kappa shape index (κ1) is 11.3. The second-order valence-corrected chi connectivity index (χ2v) is 5.79. The molecule has 1 aromatic rings. The summed E-state index contributed by atoms with van der Waals surface area (Å²) in [6.45, 7) is 4.20. The Bertz CT molecular complexity index is 432.